The van der Waals surface area contributed by atoms with Crippen LogP contribution in [0.4, 0.5) is 10.2 Å². The number of nitrogens with two attached hydrogens (primary N) is 1. The van der Waals surface area contributed by atoms with Crippen molar-refractivity contribution in [3.05, 3.63) is 47.0 Å². The summed E-state index contributed by atoms with van der Waals surface area (Å²) in [6.07, 6.45) is -6.20. The number of aliphatic carboxylic acids is 3. The number of carboxylic acids is 3. The molecule has 3 heterocycles. The molecule has 4 rings (SSSR count). The van der Waals surface area contributed by atoms with Crippen LogP contribution in [0.3, 0.4) is 0 Å². The Kier molecular flexibility index (Phi) is 9.25. The summed E-state index contributed by atoms with van der Waals surface area (Å²) in [4.78, 5) is 46.7. The molecule has 14 nitrogen and oxygen atoms in total. The zero-order valence-corrected chi connectivity index (χ0v) is 20.7. The van der Waals surface area contributed by atoms with E-state index < -0.39 is 61.1 Å². The number of hydrogen-bond acceptors (Lipinski definition) is 10. The molecule has 1 fully saturated rings. The summed E-state index contributed by atoms with van der Waals surface area (Å²) in [6.45, 7) is -0.794. The highest BCUT2D eigenvalue weighted by Crippen LogP contribution is 2.35. The second-order valence-corrected chi connectivity index (χ2v) is 9.18. The van der Waals surface area contributed by atoms with E-state index in [1.54, 1.807) is 12.1 Å². The van der Waals surface area contributed by atoms with E-state index in [4.69, 9.17) is 31.9 Å². The lowest BCUT2D eigenvalue weighted by Crippen LogP contribution is -2.52. The molecular weight excluding hydrogens is 557 g/mol. The number of aryl methyl sites for hydroxylation is 1. The Balaban J connectivity index is 0.00000441. The van der Waals surface area contributed by atoms with Crippen molar-refractivity contribution in [1.82, 2.24) is 19.5 Å². The number of fused-ring (bicyclic) bond motifs is 1. The van der Waals surface area contributed by atoms with Crippen LogP contribution in [0, 0.1) is 0 Å². The van der Waals surface area contributed by atoms with E-state index in [9.17, 15) is 29.7 Å². The van der Waals surface area contributed by atoms with Gasteiger partial charge in [0, 0.05) is 12.8 Å². The fraction of sp³-hybridized carbons (Fsp3) is 0.417. The Morgan fingerprint density at radius 2 is 1.75 bits per heavy atom. The molecule has 40 heavy (non-hydrogen) atoms. The Morgan fingerprint density at radius 1 is 1.12 bits per heavy atom. The molecule has 16 heteroatoms. The van der Waals surface area contributed by atoms with Gasteiger partial charge in [0.25, 0.3) is 5.60 Å². The number of halogens is 2. The van der Waals surface area contributed by atoms with E-state index in [-0.39, 0.29) is 48.1 Å². The third-order valence-corrected chi connectivity index (χ3v) is 6.45. The average molecular weight is 584 g/mol. The highest BCUT2D eigenvalue weighted by molar-refractivity contribution is 6.28. The van der Waals surface area contributed by atoms with Gasteiger partial charge in [0.2, 0.25) is 5.28 Å². The minimum atomic E-state index is -2.80. The van der Waals surface area contributed by atoms with Crippen molar-refractivity contribution in [3.63, 3.8) is 0 Å². The zero-order valence-electron chi connectivity index (χ0n) is 20.0. The Labute approximate surface area is 231 Å². The van der Waals surface area contributed by atoms with Crippen LogP contribution >= 0.6 is 11.6 Å². The monoisotopic (exact) mass is 583 g/mol. The van der Waals surface area contributed by atoms with Crippen molar-refractivity contribution in [2.45, 2.75) is 56.9 Å². The van der Waals surface area contributed by atoms with Gasteiger partial charge < -0.3 is 35.6 Å². The number of alkyl halides is 1. The SMILES string of the molecule is C.Nc1nc(Cl)nc2c1ncn2[C@@H]1O[C@H](COC(Cc2ccc(CCC(=O)O)cc2)(C(=O)O)C(=O)O)[C@@H](O)[C@@H]1F. The van der Waals surface area contributed by atoms with Crippen LogP contribution in [0.5, 0.6) is 0 Å². The molecule has 216 valence electrons. The summed E-state index contributed by atoms with van der Waals surface area (Å²) in [6, 6.07) is 6.01. The quantitative estimate of drug-likeness (QED) is 0.160. The van der Waals surface area contributed by atoms with Gasteiger partial charge in [-0.25, -0.2) is 19.0 Å². The van der Waals surface area contributed by atoms with Crippen molar-refractivity contribution in [1.29, 1.82) is 0 Å². The molecule has 0 unspecified atom stereocenters. The van der Waals surface area contributed by atoms with Gasteiger partial charge in [0.05, 0.1) is 12.9 Å². The number of rotatable bonds is 11. The first-order valence-electron chi connectivity index (χ1n) is 11.5. The van der Waals surface area contributed by atoms with Crippen molar-refractivity contribution >= 4 is 46.5 Å². The molecule has 0 bridgehead atoms. The fourth-order valence-corrected chi connectivity index (χ4v) is 4.34. The van der Waals surface area contributed by atoms with Crippen LogP contribution in [0.2, 0.25) is 5.28 Å². The van der Waals surface area contributed by atoms with E-state index in [0.29, 0.717) is 5.56 Å². The summed E-state index contributed by atoms with van der Waals surface area (Å²) in [5.41, 5.74) is 4.01. The number of hydrogen-bond donors (Lipinski definition) is 5. The number of carboxylic acid groups (broad SMARTS) is 3. The number of carbonyl (C=O) groups is 3. The number of ether oxygens (including phenoxy) is 2. The Hall–Kier alpha value is -3.92. The Morgan fingerprint density at radius 3 is 2.35 bits per heavy atom. The van der Waals surface area contributed by atoms with E-state index in [0.717, 1.165) is 10.9 Å². The van der Waals surface area contributed by atoms with E-state index >= 15 is 4.39 Å². The third kappa shape index (κ3) is 5.96. The minimum absolute atomic E-state index is 0. The van der Waals surface area contributed by atoms with E-state index in [1.807, 2.05) is 0 Å². The van der Waals surface area contributed by atoms with Crippen LogP contribution in [0.25, 0.3) is 11.2 Å². The van der Waals surface area contributed by atoms with Crippen LogP contribution in [-0.4, -0.2) is 88.4 Å². The molecule has 4 atom stereocenters. The van der Waals surface area contributed by atoms with Crippen LogP contribution in [0.15, 0.2) is 30.6 Å². The number of benzene rings is 1. The number of imidazole rings is 1. The number of nitrogen functional groups attached to an aromatic ring is 1. The second-order valence-electron chi connectivity index (χ2n) is 8.84. The number of aliphatic hydroxyl groups is 1. The topological polar surface area (TPSA) is 220 Å². The smallest absolute Gasteiger partial charge is 0.348 e. The van der Waals surface area contributed by atoms with Gasteiger partial charge >= 0.3 is 17.9 Å². The maximum Gasteiger partial charge on any atom is 0.348 e. The first-order valence-corrected chi connectivity index (χ1v) is 11.8. The van der Waals surface area contributed by atoms with Crippen molar-refractivity contribution in [2.24, 2.45) is 0 Å². The molecule has 0 radical (unpaired) electrons. The second kappa shape index (κ2) is 12.1. The minimum Gasteiger partial charge on any atom is -0.481 e. The molecule has 3 aromatic rings. The molecule has 2 aromatic heterocycles. The molecule has 6 N–H and O–H groups in total. The summed E-state index contributed by atoms with van der Waals surface area (Å²) in [7, 11) is 0. The van der Waals surface area contributed by atoms with Crippen molar-refractivity contribution < 1.29 is 48.7 Å². The lowest BCUT2D eigenvalue weighted by molar-refractivity contribution is -0.190. The van der Waals surface area contributed by atoms with Gasteiger partial charge in [0.15, 0.2) is 23.9 Å². The number of aliphatic hydroxyl groups excluding tert-OH is 1. The molecular formula is C24H27ClFN5O9. The largest absolute Gasteiger partial charge is 0.481 e. The van der Waals surface area contributed by atoms with E-state index in [2.05, 4.69) is 15.0 Å². The highest BCUT2D eigenvalue weighted by Gasteiger charge is 2.52. The van der Waals surface area contributed by atoms with E-state index in [1.165, 1.54) is 12.1 Å². The normalized spacial score (nSPS) is 20.8. The molecule has 0 spiro atoms. The molecule has 1 saturated heterocycles. The summed E-state index contributed by atoms with van der Waals surface area (Å²) in [5, 5.41) is 38.7. The Bertz CT molecular complexity index is 1390. The summed E-state index contributed by atoms with van der Waals surface area (Å²) in [5.74, 6) is -4.71. The lowest BCUT2D eigenvalue weighted by Gasteiger charge is -2.27. The van der Waals surface area contributed by atoms with Gasteiger partial charge in [0.1, 0.15) is 17.7 Å². The maximum atomic E-state index is 15.1. The average Bonchev–Trinajstić information content (AvgIpc) is 3.41. The highest BCUT2D eigenvalue weighted by atomic mass is 35.5. The number of anilines is 1. The van der Waals surface area contributed by atoms with Gasteiger partial charge in [-0.15, -0.1) is 0 Å². The predicted molar refractivity (Wildman–Crippen MR) is 136 cm³/mol. The molecule has 0 aliphatic carbocycles. The molecule has 0 amide bonds. The molecule has 1 aliphatic heterocycles. The maximum absolute atomic E-state index is 15.1. The van der Waals surface area contributed by atoms with Gasteiger partial charge in [-0.3, -0.25) is 9.36 Å². The van der Waals surface area contributed by atoms with Crippen molar-refractivity contribution in [3.8, 4) is 0 Å². The van der Waals surface area contributed by atoms with Crippen LogP contribution < -0.4 is 5.73 Å². The molecule has 1 aliphatic rings. The number of aromatic nitrogens is 4. The summed E-state index contributed by atoms with van der Waals surface area (Å²) < 4.78 is 27.1. The summed E-state index contributed by atoms with van der Waals surface area (Å²) >= 11 is 5.83. The van der Waals surface area contributed by atoms with Gasteiger partial charge in [-0.2, -0.15) is 9.97 Å². The van der Waals surface area contributed by atoms with Crippen LogP contribution in [-0.2, 0) is 36.7 Å². The van der Waals surface area contributed by atoms with Crippen LogP contribution in [0.1, 0.15) is 31.2 Å². The zero-order chi connectivity index (χ0) is 28.5. The van der Waals surface area contributed by atoms with Crippen molar-refractivity contribution in [2.75, 3.05) is 12.3 Å². The molecule has 1 aromatic carbocycles. The predicted octanol–water partition coefficient (Wildman–Crippen LogP) is 1.48. The fourth-order valence-electron chi connectivity index (χ4n) is 4.17. The van der Waals surface area contributed by atoms with Gasteiger partial charge in [-0.1, -0.05) is 31.7 Å². The van der Waals surface area contributed by atoms with Gasteiger partial charge in [-0.05, 0) is 29.1 Å². The molecule has 0 saturated carbocycles. The first kappa shape index (κ1) is 30.6. The standard InChI is InChI=1S/C23H23ClFN5O9.CH4/c24-22-28-17(26)15-18(29-22)30(9-27-15)19-14(25)16(33)12(39-19)8-38-23(20(34)35,21(36)37)7-11-3-1-10(2-4-11)5-6-13(31)32;/h1-4,9,12,14,16,19,33H,5-8H2,(H,31,32)(H,34,35)(H,36,37)(H2,26,28,29);1H4/t12-,14+,16-,19-;/m1./s1. The number of nitrogens with zero attached hydrogens (tertiary/aromatic N) is 4. The lowest BCUT2D eigenvalue weighted by atomic mass is 9.93. The third-order valence-electron chi connectivity index (χ3n) is 6.28. The first-order chi connectivity index (χ1) is 18.4.